The van der Waals surface area contributed by atoms with E-state index in [2.05, 4.69) is 27.8 Å². The van der Waals surface area contributed by atoms with Crippen LogP contribution in [0.1, 0.15) is 45.2 Å². The molecule has 1 atom stereocenters. The summed E-state index contributed by atoms with van der Waals surface area (Å²) in [6.45, 7) is 7.61. The van der Waals surface area contributed by atoms with E-state index in [4.69, 9.17) is 4.98 Å². The highest BCUT2D eigenvalue weighted by atomic mass is 16.2. The molecule has 0 N–H and O–H groups in total. The molecule has 1 fully saturated rings. The number of hydrogen-bond donors (Lipinski definition) is 0. The maximum Gasteiger partial charge on any atom is 0.227 e. The monoisotopic (exact) mass is 328 g/mol. The van der Waals surface area contributed by atoms with Gasteiger partial charge in [-0.15, -0.1) is 0 Å². The number of aromatic nitrogens is 2. The van der Waals surface area contributed by atoms with Crippen LogP contribution in [0.25, 0.3) is 5.52 Å². The van der Waals surface area contributed by atoms with Crippen LogP contribution in [-0.2, 0) is 4.79 Å². The molecule has 5 nitrogen and oxygen atoms in total. The van der Waals surface area contributed by atoms with E-state index >= 15 is 0 Å². The Morgan fingerprint density at radius 1 is 1.33 bits per heavy atom. The maximum atomic E-state index is 12.6. The van der Waals surface area contributed by atoms with Crippen molar-refractivity contribution in [3.05, 3.63) is 30.2 Å². The number of rotatable bonds is 2. The molecule has 0 bridgehead atoms. The molecule has 1 amide bonds. The second-order valence-corrected chi connectivity index (χ2v) is 8.02. The maximum absolute atomic E-state index is 12.6. The standard InChI is InChI=1S/C19H28N4O/c1-19(2,3)18(24)23-11-6-8-14(12-23)15-13-22-10-7-9-16(22)17(20-15)21(4)5/h7,9-10,13-14H,6,8,11-12H2,1-5H3/t14-/m1/s1. The van der Waals surface area contributed by atoms with Gasteiger partial charge in [-0.05, 0) is 25.0 Å². The van der Waals surface area contributed by atoms with E-state index in [0.717, 1.165) is 43.0 Å². The second-order valence-electron chi connectivity index (χ2n) is 8.02. The van der Waals surface area contributed by atoms with E-state index in [1.807, 2.05) is 45.8 Å². The summed E-state index contributed by atoms with van der Waals surface area (Å²) in [5, 5.41) is 0. The highest BCUT2D eigenvalue weighted by Gasteiger charge is 2.32. The molecular weight excluding hydrogens is 300 g/mol. The van der Waals surface area contributed by atoms with Crippen molar-refractivity contribution in [2.75, 3.05) is 32.1 Å². The zero-order valence-electron chi connectivity index (χ0n) is 15.4. The number of anilines is 1. The molecule has 0 spiro atoms. The van der Waals surface area contributed by atoms with E-state index in [9.17, 15) is 4.79 Å². The lowest BCUT2D eigenvalue weighted by Gasteiger charge is -2.36. The van der Waals surface area contributed by atoms with Crippen LogP contribution >= 0.6 is 0 Å². The number of likely N-dealkylation sites (tertiary alicyclic amines) is 1. The first-order valence-corrected chi connectivity index (χ1v) is 8.71. The molecule has 3 heterocycles. The minimum atomic E-state index is -0.325. The van der Waals surface area contributed by atoms with E-state index < -0.39 is 0 Å². The van der Waals surface area contributed by atoms with Crippen molar-refractivity contribution in [2.24, 2.45) is 5.41 Å². The van der Waals surface area contributed by atoms with Crippen molar-refractivity contribution < 1.29 is 4.79 Å². The summed E-state index contributed by atoms with van der Waals surface area (Å²) < 4.78 is 2.14. The van der Waals surface area contributed by atoms with Crippen LogP contribution in [0.3, 0.4) is 0 Å². The third-order valence-electron chi connectivity index (χ3n) is 4.71. The van der Waals surface area contributed by atoms with Crippen LogP contribution in [0.15, 0.2) is 24.5 Å². The fourth-order valence-corrected chi connectivity index (χ4v) is 3.45. The van der Waals surface area contributed by atoms with Gasteiger partial charge >= 0.3 is 0 Å². The van der Waals surface area contributed by atoms with Crippen molar-refractivity contribution in [3.63, 3.8) is 0 Å². The molecule has 2 aromatic heterocycles. The predicted molar refractivity (Wildman–Crippen MR) is 97.5 cm³/mol. The highest BCUT2D eigenvalue weighted by molar-refractivity contribution is 5.81. The van der Waals surface area contributed by atoms with Crippen LogP contribution in [0.4, 0.5) is 5.82 Å². The minimum absolute atomic E-state index is 0.238. The molecule has 1 saturated heterocycles. The van der Waals surface area contributed by atoms with E-state index in [1.54, 1.807) is 0 Å². The van der Waals surface area contributed by atoms with Crippen molar-refractivity contribution in [1.29, 1.82) is 0 Å². The van der Waals surface area contributed by atoms with E-state index in [1.165, 1.54) is 0 Å². The van der Waals surface area contributed by atoms with Gasteiger partial charge in [0.15, 0.2) is 5.82 Å². The summed E-state index contributed by atoms with van der Waals surface area (Å²) in [6.07, 6.45) is 6.31. The highest BCUT2D eigenvalue weighted by Crippen LogP contribution is 2.30. The first-order valence-electron chi connectivity index (χ1n) is 8.71. The smallest absolute Gasteiger partial charge is 0.227 e. The van der Waals surface area contributed by atoms with Crippen LogP contribution in [0, 0.1) is 5.41 Å². The van der Waals surface area contributed by atoms with Gasteiger partial charge in [0.25, 0.3) is 0 Å². The number of fused-ring (bicyclic) bond motifs is 1. The van der Waals surface area contributed by atoms with Gasteiger partial charge in [0.1, 0.15) is 0 Å². The van der Waals surface area contributed by atoms with Gasteiger partial charge in [-0.25, -0.2) is 4.98 Å². The summed E-state index contributed by atoms with van der Waals surface area (Å²) in [5.41, 5.74) is 1.87. The Balaban J connectivity index is 1.91. The Morgan fingerprint density at radius 3 is 2.75 bits per heavy atom. The van der Waals surface area contributed by atoms with Crippen molar-refractivity contribution in [2.45, 2.75) is 39.5 Å². The first-order chi connectivity index (χ1) is 11.3. The third kappa shape index (κ3) is 3.12. The average molecular weight is 328 g/mol. The first kappa shape index (κ1) is 16.8. The number of carbonyl (C=O) groups excluding carboxylic acids is 1. The van der Waals surface area contributed by atoms with Gasteiger partial charge in [-0.1, -0.05) is 20.8 Å². The summed E-state index contributed by atoms with van der Waals surface area (Å²) in [7, 11) is 4.05. The molecule has 130 valence electrons. The topological polar surface area (TPSA) is 40.9 Å². The minimum Gasteiger partial charge on any atom is -0.361 e. The molecule has 1 aliphatic heterocycles. The lowest BCUT2D eigenvalue weighted by Crippen LogP contribution is -2.44. The van der Waals surface area contributed by atoms with Crippen molar-refractivity contribution >= 4 is 17.2 Å². The van der Waals surface area contributed by atoms with Crippen LogP contribution in [0.2, 0.25) is 0 Å². The Bertz CT molecular complexity index is 741. The Hall–Kier alpha value is -2.04. The van der Waals surface area contributed by atoms with E-state index in [0.29, 0.717) is 5.92 Å². The molecule has 1 aliphatic rings. The Kier molecular flexibility index (Phi) is 4.28. The fraction of sp³-hybridized carbons (Fsp3) is 0.579. The lowest BCUT2D eigenvalue weighted by atomic mass is 9.90. The molecule has 3 rings (SSSR count). The molecule has 0 saturated carbocycles. The largest absolute Gasteiger partial charge is 0.361 e. The van der Waals surface area contributed by atoms with Gasteiger partial charge in [0.2, 0.25) is 5.91 Å². The number of carbonyl (C=O) groups is 1. The zero-order chi connectivity index (χ0) is 17.5. The summed E-state index contributed by atoms with van der Waals surface area (Å²) in [4.78, 5) is 21.6. The molecule has 0 aliphatic carbocycles. The van der Waals surface area contributed by atoms with Gasteiger partial charge in [0.05, 0.1) is 11.2 Å². The van der Waals surface area contributed by atoms with Gasteiger partial charge in [-0.2, -0.15) is 0 Å². The van der Waals surface area contributed by atoms with Crippen molar-refractivity contribution in [3.8, 4) is 0 Å². The predicted octanol–water partition coefficient (Wildman–Crippen LogP) is 3.15. The number of piperidine rings is 1. The van der Waals surface area contributed by atoms with Crippen LogP contribution < -0.4 is 4.90 Å². The molecule has 0 aromatic carbocycles. The second kappa shape index (κ2) is 6.11. The summed E-state index contributed by atoms with van der Waals surface area (Å²) >= 11 is 0. The molecule has 0 radical (unpaired) electrons. The van der Waals surface area contributed by atoms with Crippen LogP contribution in [0.5, 0.6) is 0 Å². The SMILES string of the molecule is CN(C)c1nc([C@@H]2CCCN(C(=O)C(C)(C)C)C2)cn2cccc12. The van der Waals surface area contributed by atoms with Gasteiger partial charge < -0.3 is 14.2 Å². The molecule has 24 heavy (non-hydrogen) atoms. The summed E-state index contributed by atoms with van der Waals surface area (Å²) in [5.74, 6) is 1.52. The molecular formula is C19H28N4O. The average Bonchev–Trinajstić information content (AvgIpc) is 3.00. The van der Waals surface area contributed by atoms with Crippen LogP contribution in [-0.4, -0.2) is 47.4 Å². The number of nitrogens with zero attached hydrogens (tertiary/aromatic N) is 4. The lowest BCUT2D eigenvalue weighted by molar-refractivity contribution is -0.140. The van der Waals surface area contributed by atoms with Gasteiger partial charge in [0, 0.05) is 50.9 Å². The Labute approximate surface area is 144 Å². The quantitative estimate of drug-likeness (QED) is 0.850. The van der Waals surface area contributed by atoms with Crippen molar-refractivity contribution in [1.82, 2.24) is 14.3 Å². The molecule has 2 aromatic rings. The zero-order valence-corrected chi connectivity index (χ0v) is 15.4. The van der Waals surface area contributed by atoms with E-state index in [-0.39, 0.29) is 11.3 Å². The number of amides is 1. The normalized spacial score (nSPS) is 18.9. The molecule has 5 heteroatoms. The number of hydrogen-bond acceptors (Lipinski definition) is 3. The third-order valence-corrected chi connectivity index (χ3v) is 4.71. The molecule has 0 unspecified atom stereocenters. The van der Waals surface area contributed by atoms with Gasteiger partial charge in [-0.3, -0.25) is 4.79 Å². The Morgan fingerprint density at radius 2 is 2.08 bits per heavy atom. The summed E-state index contributed by atoms with van der Waals surface area (Å²) in [6, 6.07) is 4.13. The fourth-order valence-electron chi connectivity index (χ4n) is 3.45.